The van der Waals surface area contributed by atoms with Gasteiger partial charge >= 0.3 is 0 Å². The molecule has 0 saturated heterocycles. The number of hydrogen-bond donors (Lipinski definition) is 1. The Labute approximate surface area is 94.1 Å². The topological polar surface area (TPSA) is 77.9 Å². The van der Waals surface area contributed by atoms with Crippen LogP contribution in [0.25, 0.3) is 10.4 Å². The zero-order chi connectivity index (χ0) is 12.3. The molecular weight excluding hydrogens is 204 g/mol. The minimum absolute atomic E-state index is 0.137. The maximum Gasteiger partial charge on any atom is 0.221 e. The highest BCUT2D eigenvalue weighted by Gasteiger charge is 2.10. The van der Waals surface area contributed by atoms with E-state index >= 15 is 0 Å². The van der Waals surface area contributed by atoms with Gasteiger partial charge in [-0.2, -0.15) is 0 Å². The molecule has 1 N–H and O–H groups in total. The molecule has 1 amide bonds. The molecule has 0 atom stereocenters. The highest BCUT2D eigenvalue weighted by Crippen LogP contribution is 2.33. The van der Waals surface area contributed by atoms with Gasteiger partial charge in [-0.05, 0) is 43.0 Å². The van der Waals surface area contributed by atoms with E-state index in [2.05, 4.69) is 15.3 Å². The molecule has 0 heterocycles. The van der Waals surface area contributed by atoms with Crippen LogP contribution < -0.4 is 5.32 Å². The summed E-state index contributed by atoms with van der Waals surface area (Å²) in [7, 11) is 0. The second kappa shape index (κ2) is 4.68. The molecule has 0 aliphatic heterocycles. The monoisotopic (exact) mass is 218 g/mol. The van der Waals surface area contributed by atoms with Crippen molar-refractivity contribution in [3.63, 3.8) is 0 Å². The summed E-state index contributed by atoms with van der Waals surface area (Å²) in [6.07, 6.45) is 0. The first-order chi connectivity index (χ1) is 7.47. The molecule has 0 aliphatic rings. The molecule has 0 spiro atoms. The van der Waals surface area contributed by atoms with Crippen LogP contribution in [0.4, 0.5) is 11.4 Å². The average Bonchev–Trinajstić information content (AvgIpc) is 2.19. The van der Waals surface area contributed by atoms with Crippen LogP contribution in [0, 0.1) is 20.8 Å². The van der Waals surface area contributed by atoms with Gasteiger partial charge in [0.05, 0.1) is 0 Å². The van der Waals surface area contributed by atoms with Crippen molar-refractivity contribution in [2.24, 2.45) is 5.11 Å². The lowest BCUT2D eigenvalue weighted by Gasteiger charge is -2.14. The molecule has 1 aromatic carbocycles. The lowest BCUT2D eigenvalue weighted by molar-refractivity contribution is -0.114. The molecule has 5 nitrogen and oxygen atoms in total. The van der Waals surface area contributed by atoms with Gasteiger partial charge in [-0.25, -0.2) is 0 Å². The molecule has 0 bridgehead atoms. The highest BCUT2D eigenvalue weighted by atomic mass is 16.1. The fraction of sp³-hybridized carbons (Fsp3) is 0.364. The molecule has 0 unspecified atom stereocenters. The van der Waals surface area contributed by atoms with E-state index in [0.717, 1.165) is 22.4 Å². The standard InChI is InChI=1S/C11H14N4O/c1-6-5-7(2)11(14-15-12)8(3)10(6)13-9(4)16/h5H,1-4H3,(H,13,16). The SMILES string of the molecule is CC(=O)Nc1c(C)cc(C)c(N=[N+]=[N-])c1C. The number of carbonyl (C=O) groups excluding carboxylic acids is 1. The first-order valence-corrected chi connectivity index (χ1v) is 4.91. The smallest absolute Gasteiger partial charge is 0.221 e. The third-order valence-electron chi connectivity index (χ3n) is 2.38. The summed E-state index contributed by atoms with van der Waals surface area (Å²) < 4.78 is 0. The first-order valence-electron chi connectivity index (χ1n) is 4.91. The van der Waals surface area contributed by atoms with Crippen LogP contribution in [-0.4, -0.2) is 5.91 Å². The number of rotatable bonds is 2. The number of amides is 1. The first kappa shape index (κ1) is 12.1. The van der Waals surface area contributed by atoms with Crippen LogP contribution in [0.15, 0.2) is 11.2 Å². The summed E-state index contributed by atoms with van der Waals surface area (Å²) in [6, 6.07) is 1.89. The fourth-order valence-electron chi connectivity index (χ4n) is 1.74. The van der Waals surface area contributed by atoms with Gasteiger partial charge in [0.1, 0.15) is 0 Å². The number of hydrogen-bond acceptors (Lipinski definition) is 2. The van der Waals surface area contributed by atoms with E-state index in [1.807, 2.05) is 26.8 Å². The van der Waals surface area contributed by atoms with Crippen LogP contribution in [0.1, 0.15) is 23.6 Å². The third kappa shape index (κ3) is 2.32. The Morgan fingerprint density at radius 3 is 2.50 bits per heavy atom. The normalized spacial score (nSPS) is 9.50. The molecule has 84 valence electrons. The van der Waals surface area contributed by atoms with Gasteiger partial charge in [0.2, 0.25) is 5.91 Å². The van der Waals surface area contributed by atoms with Crippen molar-refractivity contribution in [2.75, 3.05) is 5.32 Å². The Kier molecular flexibility index (Phi) is 3.53. The molecule has 0 aliphatic carbocycles. The van der Waals surface area contributed by atoms with Crippen molar-refractivity contribution in [3.8, 4) is 0 Å². The highest BCUT2D eigenvalue weighted by molar-refractivity contribution is 5.91. The summed E-state index contributed by atoms with van der Waals surface area (Å²) in [6.45, 7) is 7.06. The summed E-state index contributed by atoms with van der Waals surface area (Å²) in [4.78, 5) is 13.8. The molecule has 0 aromatic heterocycles. The summed E-state index contributed by atoms with van der Waals surface area (Å²) >= 11 is 0. The number of nitrogens with one attached hydrogen (secondary N) is 1. The minimum atomic E-state index is -0.137. The lowest BCUT2D eigenvalue weighted by Crippen LogP contribution is -2.09. The Balaban J connectivity index is 3.44. The van der Waals surface area contributed by atoms with Gasteiger partial charge in [0.15, 0.2) is 0 Å². The predicted octanol–water partition coefficient (Wildman–Crippen LogP) is 3.51. The van der Waals surface area contributed by atoms with Gasteiger partial charge in [0.25, 0.3) is 0 Å². The lowest BCUT2D eigenvalue weighted by atomic mass is 10.0. The molecule has 5 heteroatoms. The fourth-order valence-corrected chi connectivity index (χ4v) is 1.74. The average molecular weight is 218 g/mol. The Morgan fingerprint density at radius 2 is 2.00 bits per heavy atom. The molecular formula is C11H14N4O. The van der Waals surface area contributed by atoms with Crippen molar-refractivity contribution in [1.29, 1.82) is 0 Å². The Hall–Kier alpha value is -2.00. The van der Waals surface area contributed by atoms with Crippen LogP contribution in [-0.2, 0) is 4.79 Å². The second-order valence-corrected chi connectivity index (χ2v) is 3.73. The number of nitrogens with zero attached hydrogens (tertiary/aromatic N) is 3. The van der Waals surface area contributed by atoms with Crippen LogP contribution in [0.2, 0.25) is 0 Å². The van der Waals surface area contributed by atoms with Crippen LogP contribution >= 0.6 is 0 Å². The van der Waals surface area contributed by atoms with Gasteiger partial charge in [-0.1, -0.05) is 11.2 Å². The number of carbonyl (C=O) groups is 1. The molecule has 0 radical (unpaired) electrons. The van der Waals surface area contributed by atoms with Crippen molar-refractivity contribution in [3.05, 3.63) is 33.2 Å². The summed E-state index contributed by atoms with van der Waals surface area (Å²) in [5, 5.41) is 6.39. The second-order valence-electron chi connectivity index (χ2n) is 3.73. The zero-order valence-electron chi connectivity index (χ0n) is 9.83. The van der Waals surface area contributed by atoms with E-state index in [1.165, 1.54) is 6.92 Å². The van der Waals surface area contributed by atoms with Crippen molar-refractivity contribution >= 4 is 17.3 Å². The van der Waals surface area contributed by atoms with Gasteiger partial charge in [0, 0.05) is 23.2 Å². The van der Waals surface area contributed by atoms with E-state index in [4.69, 9.17) is 5.53 Å². The number of azide groups is 1. The molecule has 0 saturated carbocycles. The number of anilines is 1. The van der Waals surface area contributed by atoms with Crippen molar-refractivity contribution in [2.45, 2.75) is 27.7 Å². The minimum Gasteiger partial charge on any atom is -0.326 e. The Morgan fingerprint density at radius 1 is 1.38 bits per heavy atom. The van der Waals surface area contributed by atoms with E-state index in [9.17, 15) is 4.79 Å². The van der Waals surface area contributed by atoms with Gasteiger partial charge in [-0.3, -0.25) is 4.79 Å². The molecule has 16 heavy (non-hydrogen) atoms. The largest absolute Gasteiger partial charge is 0.326 e. The summed E-state index contributed by atoms with van der Waals surface area (Å²) in [5.74, 6) is -0.137. The maximum atomic E-state index is 11.1. The molecule has 1 rings (SSSR count). The van der Waals surface area contributed by atoms with Gasteiger partial charge in [-0.15, -0.1) is 0 Å². The van der Waals surface area contributed by atoms with Crippen LogP contribution in [0.3, 0.4) is 0 Å². The molecule has 0 fully saturated rings. The number of aryl methyl sites for hydroxylation is 2. The quantitative estimate of drug-likeness (QED) is 0.460. The van der Waals surface area contributed by atoms with Crippen molar-refractivity contribution < 1.29 is 4.79 Å². The summed E-state index contributed by atoms with van der Waals surface area (Å²) in [5.41, 5.74) is 12.4. The third-order valence-corrected chi connectivity index (χ3v) is 2.38. The Bertz CT molecular complexity index is 487. The maximum absolute atomic E-state index is 11.1. The molecule has 1 aromatic rings. The van der Waals surface area contributed by atoms with E-state index < -0.39 is 0 Å². The van der Waals surface area contributed by atoms with Crippen molar-refractivity contribution in [1.82, 2.24) is 0 Å². The zero-order valence-corrected chi connectivity index (χ0v) is 9.83. The predicted molar refractivity (Wildman–Crippen MR) is 63.8 cm³/mol. The van der Waals surface area contributed by atoms with Gasteiger partial charge < -0.3 is 5.32 Å². The van der Waals surface area contributed by atoms with E-state index in [1.54, 1.807) is 0 Å². The van der Waals surface area contributed by atoms with E-state index in [-0.39, 0.29) is 5.91 Å². The number of benzene rings is 1. The van der Waals surface area contributed by atoms with E-state index in [0.29, 0.717) is 5.69 Å². The van der Waals surface area contributed by atoms with Crippen LogP contribution in [0.5, 0.6) is 0 Å².